The van der Waals surface area contributed by atoms with E-state index < -0.39 is 7.12 Å². The molecule has 0 bridgehead atoms. The largest absolute Gasteiger partial charge is 0.492 e. The Bertz CT molecular complexity index is 291. The highest BCUT2D eigenvalue weighted by Crippen LogP contribution is 2.18. The summed E-state index contributed by atoms with van der Waals surface area (Å²) >= 11 is 0. The van der Waals surface area contributed by atoms with E-state index in [1.807, 2.05) is 6.92 Å². The van der Waals surface area contributed by atoms with E-state index in [9.17, 15) is 0 Å². The number of hydrogen-bond donors (Lipinski definition) is 3. The van der Waals surface area contributed by atoms with E-state index in [1.54, 1.807) is 12.1 Å². The predicted octanol–water partition coefficient (Wildman–Crippen LogP) is -0.653. The van der Waals surface area contributed by atoms with Gasteiger partial charge in [-0.05, 0) is 24.5 Å². The van der Waals surface area contributed by atoms with Crippen LogP contribution in [0, 0.1) is 0 Å². The summed E-state index contributed by atoms with van der Waals surface area (Å²) in [6.07, 6.45) is 0. The van der Waals surface area contributed by atoms with Crippen molar-refractivity contribution in [3.63, 3.8) is 0 Å². The molecule has 0 heterocycles. The molecule has 4 nitrogen and oxygen atoms in total. The van der Waals surface area contributed by atoms with Crippen molar-refractivity contribution in [2.75, 3.05) is 12.3 Å². The van der Waals surface area contributed by atoms with Gasteiger partial charge in [-0.25, -0.2) is 0 Å². The van der Waals surface area contributed by atoms with Gasteiger partial charge in [0.25, 0.3) is 0 Å². The highest BCUT2D eigenvalue weighted by Gasteiger charge is 2.12. The molecule has 70 valence electrons. The van der Waals surface area contributed by atoms with Crippen molar-refractivity contribution in [1.29, 1.82) is 0 Å². The van der Waals surface area contributed by atoms with Gasteiger partial charge in [0, 0.05) is 0 Å². The lowest BCUT2D eigenvalue weighted by molar-refractivity contribution is 0.342. The average Bonchev–Trinajstić information content (AvgIpc) is 2.08. The third-order valence-electron chi connectivity index (χ3n) is 1.64. The Morgan fingerprint density at radius 2 is 2.15 bits per heavy atom. The molecule has 1 rings (SSSR count). The second kappa shape index (κ2) is 4.16. The van der Waals surface area contributed by atoms with Crippen LogP contribution in [0.25, 0.3) is 0 Å². The highest BCUT2D eigenvalue weighted by molar-refractivity contribution is 6.58. The van der Waals surface area contributed by atoms with Crippen molar-refractivity contribution in [2.45, 2.75) is 6.92 Å². The van der Waals surface area contributed by atoms with E-state index in [1.165, 1.54) is 6.07 Å². The molecule has 13 heavy (non-hydrogen) atoms. The molecule has 5 heteroatoms. The van der Waals surface area contributed by atoms with Crippen LogP contribution in [0.3, 0.4) is 0 Å². The summed E-state index contributed by atoms with van der Waals surface area (Å²) in [6, 6.07) is 4.64. The molecule has 0 amide bonds. The number of rotatable bonds is 3. The van der Waals surface area contributed by atoms with Crippen LogP contribution in [-0.2, 0) is 0 Å². The summed E-state index contributed by atoms with van der Waals surface area (Å²) in [7, 11) is -1.49. The van der Waals surface area contributed by atoms with Gasteiger partial charge < -0.3 is 20.5 Å². The normalized spacial score (nSPS) is 9.77. The molecule has 0 saturated carbocycles. The fourth-order valence-corrected chi connectivity index (χ4v) is 0.992. The molecule has 0 fully saturated rings. The topological polar surface area (TPSA) is 75.7 Å². The van der Waals surface area contributed by atoms with Crippen molar-refractivity contribution < 1.29 is 14.8 Å². The highest BCUT2D eigenvalue weighted by atomic mass is 16.5. The van der Waals surface area contributed by atoms with Gasteiger partial charge in [-0.1, -0.05) is 6.07 Å². The number of nitrogens with two attached hydrogens (primary N) is 1. The number of nitrogen functional groups attached to an aromatic ring is 1. The molecule has 0 saturated heterocycles. The monoisotopic (exact) mass is 181 g/mol. The maximum Gasteiger partial charge on any atom is 0.488 e. The SMILES string of the molecule is CCOc1cc(B(O)O)ccc1N. The van der Waals surface area contributed by atoms with Gasteiger partial charge in [-0.15, -0.1) is 0 Å². The minimum Gasteiger partial charge on any atom is -0.492 e. The molecule has 0 aliphatic carbocycles. The Morgan fingerprint density at radius 1 is 1.46 bits per heavy atom. The van der Waals surface area contributed by atoms with Gasteiger partial charge in [0.15, 0.2) is 0 Å². The summed E-state index contributed by atoms with van der Waals surface area (Å²) in [5.41, 5.74) is 6.45. The zero-order valence-corrected chi connectivity index (χ0v) is 7.40. The number of anilines is 1. The second-order valence-corrected chi connectivity index (χ2v) is 2.60. The summed E-state index contributed by atoms with van der Waals surface area (Å²) in [5.74, 6) is 0.480. The van der Waals surface area contributed by atoms with Crippen LogP contribution in [0.1, 0.15) is 6.92 Å². The zero-order valence-electron chi connectivity index (χ0n) is 7.40. The molecule has 0 atom stereocenters. The Kier molecular flexibility index (Phi) is 3.16. The van der Waals surface area contributed by atoms with Crippen LogP contribution < -0.4 is 15.9 Å². The van der Waals surface area contributed by atoms with E-state index in [2.05, 4.69) is 0 Å². The molecule has 0 aliphatic rings. The van der Waals surface area contributed by atoms with E-state index in [0.717, 1.165) is 0 Å². The molecule has 0 aromatic heterocycles. The first-order chi connectivity index (χ1) is 6.15. The molecule has 0 aliphatic heterocycles. The predicted molar refractivity (Wildman–Crippen MR) is 51.8 cm³/mol. The van der Waals surface area contributed by atoms with Gasteiger partial charge in [0.2, 0.25) is 0 Å². The zero-order chi connectivity index (χ0) is 9.84. The second-order valence-electron chi connectivity index (χ2n) is 2.60. The fourth-order valence-electron chi connectivity index (χ4n) is 0.992. The molecule has 1 aromatic carbocycles. The number of benzene rings is 1. The smallest absolute Gasteiger partial charge is 0.488 e. The standard InChI is InChI=1S/C8H12BNO3/c1-2-13-8-5-6(9(11)12)3-4-7(8)10/h3-5,11-12H,2,10H2,1H3. The summed E-state index contributed by atoms with van der Waals surface area (Å²) in [4.78, 5) is 0. The van der Waals surface area contributed by atoms with Crippen LogP contribution >= 0.6 is 0 Å². The number of hydrogen-bond acceptors (Lipinski definition) is 4. The van der Waals surface area contributed by atoms with Crippen LogP contribution in [0.4, 0.5) is 5.69 Å². The molecule has 0 unspecified atom stereocenters. The Hall–Kier alpha value is -1.20. The number of ether oxygens (including phenoxy) is 1. The van der Waals surface area contributed by atoms with E-state index >= 15 is 0 Å². The lowest BCUT2D eigenvalue weighted by Gasteiger charge is -2.08. The lowest BCUT2D eigenvalue weighted by Crippen LogP contribution is -2.29. The van der Waals surface area contributed by atoms with Crippen molar-refractivity contribution in [3.8, 4) is 5.75 Å². The molecule has 0 spiro atoms. The Balaban J connectivity index is 2.97. The maximum atomic E-state index is 8.87. The van der Waals surface area contributed by atoms with E-state index in [4.69, 9.17) is 20.5 Å². The molecule has 1 aromatic rings. The van der Waals surface area contributed by atoms with Gasteiger partial charge in [0.1, 0.15) is 5.75 Å². The first-order valence-electron chi connectivity index (χ1n) is 4.03. The molecule has 0 radical (unpaired) electrons. The average molecular weight is 181 g/mol. The quantitative estimate of drug-likeness (QED) is 0.427. The third kappa shape index (κ3) is 2.37. The molecular formula is C8H12BNO3. The third-order valence-corrected chi connectivity index (χ3v) is 1.64. The van der Waals surface area contributed by atoms with Gasteiger partial charge >= 0.3 is 7.12 Å². The fraction of sp³-hybridized carbons (Fsp3) is 0.250. The van der Waals surface area contributed by atoms with Gasteiger partial charge in [-0.3, -0.25) is 0 Å². The van der Waals surface area contributed by atoms with Crippen LogP contribution in [0.5, 0.6) is 5.75 Å². The Morgan fingerprint density at radius 3 is 2.69 bits per heavy atom. The first-order valence-corrected chi connectivity index (χ1v) is 4.03. The molecular weight excluding hydrogens is 169 g/mol. The summed E-state index contributed by atoms with van der Waals surface area (Å²) in [5, 5.41) is 17.7. The van der Waals surface area contributed by atoms with Crippen LogP contribution in [0.15, 0.2) is 18.2 Å². The van der Waals surface area contributed by atoms with Crippen molar-refractivity contribution in [1.82, 2.24) is 0 Å². The minimum absolute atomic E-state index is 0.373. The lowest BCUT2D eigenvalue weighted by atomic mass is 9.80. The van der Waals surface area contributed by atoms with Crippen molar-refractivity contribution in [2.24, 2.45) is 0 Å². The van der Waals surface area contributed by atoms with E-state index in [0.29, 0.717) is 23.5 Å². The first kappa shape index (κ1) is 9.89. The Labute approximate surface area is 77.1 Å². The van der Waals surface area contributed by atoms with Crippen LogP contribution in [0.2, 0.25) is 0 Å². The van der Waals surface area contributed by atoms with Gasteiger partial charge in [0.05, 0.1) is 12.3 Å². The van der Waals surface area contributed by atoms with Crippen LogP contribution in [-0.4, -0.2) is 23.8 Å². The summed E-state index contributed by atoms with van der Waals surface area (Å²) < 4.78 is 5.18. The van der Waals surface area contributed by atoms with Crippen molar-refractivity contribution >= 4 is 18.3 Å². The molecule has 4 N–H and O–H groups in total. The van der Waals surface area contributed by atoms with Gasteiger partial charge in [-0.2, -0.15) is 0 Å². The van der Waals surface area contributed by atoms with Crippen molar-refractivity contribution in [3.05, 3.63) is 18.2 Å². The van der Waals surface area contributed by atoms with E-state index in [-0.39, 0.29) is 0 Å². The maximum absolute atomic E-state index is 8.87. The minimum atomic E-state index is -1.49. The summed E-state index contributed by atoms with van der Waals surface area (Å²) in [6.45, 7) is 2.33.